The summed E-state index contributed by atoms with van der Waals surface area (Å²) in [6.45, 7) is -0.890. The zero-order valence-electron chi connectivity index (χ0n) is 19.2. The van der Waals surface area contributed by atoms with E-state index in [9.17, 15) is 29.1 Å². The number of primary amides is 1. The summed E-state index contributed by atoms with van der Waals surface area (Å²) in [5.74, 6) is -5.04. The standard InChI is InChI=1S/C22H29N7O7/c23-14(6-12-4-2-1-3-5-12)19(32)27-15(7-13-9-25-11-26-13)20(33)29-17(10-30)21(34)28-16(22(35)36)8-18(24)31/h1-5,9,11,14-17,30H,6-8,10,23H2,(H2,24,31)(H,25,26)(H,27,32)(H,28,34)(H,29,33)(H,35,36). The largest absolute Gasteiger partial charge is 0.480 e. The number of carbonyl (C=O) groups is 5. The van der Waals surface area contributed by atoms with Gasteiger partial charge in [0.2, 0.25) is 23.6 Å². The number of aromatic amines is 1. The average Bonchev–Trinajstić information content (AvgIpc) is 3.34. The summed E-state index contributed by atoms with van der Waals surface area (Å²) < 4.78 is 0. The number of benzene rings is 1. The van der Waals surface area contributed by atoms with Crippen molar-refractivity contribution >= 4 is 29.6 Å². The average molecular weight is 504 g/mol. The van der Waals surface area contributed by atoms with Crippen LogP contribution in [-0.2, 0) is 36.8 Å². The van der Waals surface area contributed by atoms with E-state index in [1.807, 2.05) is 11.4 Å². The Labute approximate surface area is 205 Å². The molecule has 4 atom stereocenters. The second kappa shape index (κ2) is 13.6. The van der Waals surface area contributed by atoms with Gasteiger partial charge in [0.1, 0.15) is 18.1 Å². The number of aromatic nitrogens is 2. The van der Waals surface area contributed by atoms with Crippen molar-refractivity contribution in [2.75, 3.05) is 6.61 Å². The van der Waals surface area contributed by atoms with Gasteiger partial charge in [-0.1, -0.05) is 30.3 Å². The van der Waals surface area contributed by atoms with Crippen LogP contribution >= 0.6 is 0 Å². The third kappa shape index (κ3) is 8.81. The number of nitrogens with one attached hydrogen (secondary N) is 4. The molecule has 10 N–H and O–H groups in total. The van der Waals surface area contributed by atoms with Crippen LogP contribution < -0.4 is 27.4 Å². The summed E-state index contributed by atoms with van der Waals surface area (Å²) >= 11 is 0. The number of hydrogen-bond acceptors (Lipinski definition) is 8. The first kappa shape index (κ1) is 27.9. The quantitative estimate of drug-likeness (QED) is 0.130. The molecule has 0 spiro atoms. The molecule has 0 aliphatic heterocycles. The molecule has 4 unspecified atom stereocenters. The van der Waals surface area contributed by atoms with Gasteiger partial charge >= 0.3 is 5.97 Å². The minimum atomic E-state index is -1.66. The molecule has 14 nitrogen and oxygen atoms in total. The van der Waals surface area contributed by atoms with Crippen LogP contribution in [0.5, 0.6) is 0 Å². The summed E-state index contributed by atoms with van der Waals surface area (Å²) in [4.78, 5) is 67.1. The Kier molecular flexibility index (Phi) is 10.5. The number of nitrogens with two attached hydrogens (primary N) is 2. The molecule has 2 rings (SSSR count). The fourth-order valence-electron chi connectivity index (χ4n) is 3.20. The number of imidazole rings is 1. The molecule has 1 heterocycles. The van der Waals surface area contributed by atoms with Crippen molar-refractivity contribution in [3.05, 3.63) is 54.1 Å². The first-order valence-corrected chi connectivity index (χ1v) is 10.9. The Morgan fingerprint density at radius 3 is 2.08 bits per heavy atom. The van der Waals surface area contributed by atoms with Gasteiger partial charge in [-0.05, 0) is 12.0 Å². The maximum atomic E-state index is 13.0. The monoisotopic (exact) mass is 503 g/mol. The van der Waals surface area contributed by atoms with Crippen molar-refractivity contribution in [3.63, 3.8) is 0 Å². The number of nitrogens with zero attached hydrogens (tertiary/aromatic N) is 1. The summed E-state index contributed by atoms with van der Waals surface area (Å²) in [5.41, 5.74) is 12.3. The molecular weight excluding hydrogens is 474 g/mol. The molecule has 0 bridgehead atoms. The van der Waals surface area contributed by atoms with Crippen LogP contribution in [0.2, 0.25) is 0 Å². The number of carboxylic acid groups (broad SMARTS) is 1. The first-order valence-electron chi connectivity index (χ1n) is 10.9. The van der Waals surface area contributed by atoms with Crippen molar-refractivity contribution in [1.29, 1.82) is 0 Å². The maximum Gasteiger partial charge on any atom is 0.326 e. The molecule has 0 radical (unpaired) electrons. The number of carbonyl (C=O) groups excluding carboxylic acids is 4. The van der Waals surface area contributed by atoms with Crippen molar-refractivity contribution in [2.24, 2.45) is 11.5 Å². The van der Waals surface area contributed by atoms with Crippen LogP contribution in [0.15, 0.2) is 42.9 Å². The molecule has 194 valence electrons. The molecule has 36 heavy (non-hydrogen) atoms. The van der Waals surface area contributed by atoms with E-state index in [-0.39, 0.29) is 12.8 Å². The zero-order valence-corrected chi connectivity index (χ0v) is 19.2. The maximum absolute atomic E-state index is 13.0. The molecule has 0 saturated heterocycles. The number of carboxylic acids is 1. The Balaban J connectivity index is 2.10. The van der Waals surface area contributed by atoms with Crippen LogP contribution in [0, 0.1) is 0 Å². The van der Waals surface area contributed by atoms with Gasteiger partial charge in [-0.3, -0.25) is 19.2 Å². The predicted molar refractivity (Wildman–Crippen MR) is 125 cm³/mol. The lowest BCUT2D eigenvalue weighted by molar-refractivity contribution is -0.144. The number of rotatable bonds is 14. The molecule has 0 aliphatic carbocycles. The summed E-state index contributed by atoms with van der Waals surface area (Å²) in [5, 5.41) is 25.6. The fraction of sp³-hybridized carbons (Fsp3) is 0.364. The third-order valence-corrected chi connectivity index (χ3v) is 5.08. The van der Waals surface area contributed by atoms with E-state index >= 15 is 0 Å². The number of aliphatic carboxylic acids is 1. The van der Waals surface area contributed by atoms with Crippen LogP contribution in [0.4, 0.5) is 0 Å². The van der Waals surface area contributed by atoms with E-state index in [0.29, 0.717) is 5.69 Å². The second-order valence-electron chi connectivity index (χ2n) is 7.95. The van der Waals surface area contributed by atoms with E-state index in [2.05, 4.69) is 20.6 Å². The molecule has 1 aromatic heterocycles. The molecular formula is C22H29N7O7. The smallest absolute Gasteiger partial charge is 0.326 e. The highest BCUT2D eigenvalue weighted by atomic mass is 16.4. The van der Waals surface area contributed by atoms with Crippen LogP contribution in [0.3, 0.4) is 0 Å². The lowest BCUT2D eigenvalue weighted by atomic mass is 10.0. The van der Waals surface area contributed by atoms with Gasteiger partial charge in [0.15, 0.2) is 0 Å². The number of amides is 4. The number of aliphatic hydroxyl groups is 1. The first-order chi connectivity index (χ1) is 17.1. The Morgan fingerprint density at radius 2 is 1.53 bits per heavy atom. The molecule has 1 aromatic carbocycles. The van der Waals surface area contributed by atoms with Gasteiger partial charge in [0.25, 0.3) is 0 Å². The number of hydrogen-bond donors (Lipinski definition) is 8. The highest BCUT2D eigenvalue weighted by Gasteiger charge is 2.31. The van der Waals surface area contributed by atoms with Crippen molar-refractivity contribution in [1.82, 2.24) is 25.9 Å². The van der Waals surface area contributed by atoms with E-state index < -0.39 is 66.8 Å². The topological polar surface area (TPSA) is 243 Å². The van der Waals surface area contributed by atoms with E-state index in [4.69, 9.17) is 16.6 Å². The van der Waals surface area contributed by atoms with Gasteiger partial charge < -0.3 is 42.6 Å². The lowest BCUT2D eigenvalue weighted by Crippen LogP contribution is -2.59. The molecule has 0 fully saturated rings. The lowest BCUT2D eigenvalue weighted by Gasteiger charge is -2.24. The van der Waals surface area contributed by atoms with Crippen molar-refractivity contribution < 1.29 is 34.2 Å². The Hall–Kier alpha value is -4.30. The van der Waals surface area contributed by atoms with Gasteiger partial charge in [-0.2, -0.15) is 0 Å². The van der Waals surface area contributed by atoms with Crippen LogP contribution in [0.1, 0.15) is 17.7 Å². The van der Waals surface area contributed by atoms with Crippen LogP contribution in [0.25, 0.3) is 0 Å². The molecule has 4 amide bonds. The highest BCUT2D eigenvalue weighted by molar-refractivity contribution is 5.95. The second-order valence-corrected chi connectivity index (χ2v) is 7.95. The predicted octanol–water partition coefficient (Wildman–Crippen LogP) is -3.07. The normalized spacial score (nSPS) is 14.1. The van der Waals surface area contributed by atoms with Gasteiger partial charge in [0.05, 0.1) is 25.4 Å². The van der Waals surface area contributed by atoms with E-state index in [1.165, 1.54) is 12.5 Å². The molecule has 14 heteroatoms. The Bertz CT molecular complexity index is 1050. The van der Waals surface area contributed by atoms with Gasteiger partial charge in [0, 0.05) is 18.3 Å². The van der Waals surface area contributed by atoms with E-state index in [1.54, 1.807) is 24.3 Å². The number of aliphatic hydroxyl groups excluding tert-OH is 1. The van der Waals surface area contributed by atoms with E-state index in [0.717, 1.165) is 5.56 Å². The SMILES string of the molecule is NC(=O)CC(NC(=O)C(CO)NC(=O)C(Cc1cnc[nH]1)NC(=O)C(N)Cc1ccccc1)C(=O)O. The van der Waals surface area contributed by atoms with Gasteiger partial charge in [-0.15, -0.1) is 0 Å². The van der Waals surface area contributed by atoms with Gasteiger partial charge in [-0.25, -0.2) is 9.78 Å². The molecule has 0 saturated carbocycles. The fourth-order valence-corrected chi connectivity index (χ4v) is 3.20. The third-order valence-electron chi connectivity index (χ3n) is 5.08. The minimum Gasteiger partial charge on any atom is -0.480 e. The number of H-pyrrole nitrogens is 1. The summed E-state index contributed by atoms with van der Waals surface area (Å²) in [6, 6.07) is 3.59. The van der Waals surface area contributed by atoms with Crippen molar-refractivity contribution in [2.45, 2.75) is 43.4 Å². The molecule has 2 aromatic rings. The van der Waals surface area contributed by atoms with Crippen molar-refractivity contribution in [3.8, 4) is 0 Å². The highest BCUT2D eigenvalue weighted by Crippen LogP contribution is 2.05. The molecule has 0 aliphatic rings. The zero-order chi connectivity index (χ0) is 26.7. The Morgan fingerprint density at radius 1 is 0.917 bits per heavy atom. The minimum absolute atomic E-state index is 0.0468. The summed E-state index contributed by atoms with van der Waals surface area (Å²) in [7, 11) is 0. The van der Waals surface area contributed by atoms with Crippen LogP contribution in [-0.4, -0.2) is 80.6 Å². The summed E-state index contributed by atoms with van der Waals surface area (Å²) in [6.07, 6.45) is 2.29.